The van der Waals surface area contributed by atoms with E-state index in [1.54, 1.807) is 12.4 Å². The Bertz CT molecular complexity index is 600. The van der Waals surface area contributed by atoms with Crippen LogP contribution in [0.1, 0.15) is 11.4 Å². The Balaban J connectivity index is 1.60. The summed E-state index contributed by atoms with van der Waals surface area (Å²) in [6, 6.07) is 7.81. The first-order valence-electron chi connectivity index (χ1n) is 7.83. The van der Waals surface area contributed by atoms with Crippen molar-refractivity contribution < 1.29 is 14.6 Å². The predicted octanol–water partition coefficient (Wildman–Crippen LogP) is 1.36. The fourth-order valence-corrected chi connectivity index (χ4v) is 2.67. The maximum Gasteiger partial charge on any atom is 0.134 e. The van der Waals surface area contributed by atoms with Gasteiger partial charge in [-0.1, -0.05) is 17.7 Å². The first kappa shape index (κ1) is 16.0. The molecule has 3 rings (SSSR count). The van der Waals surface area contributed by atoms with E-state index >= 15 is 0 Å². The molecule has 1 saturated heterocycles. The van der Waals surface area contributed by atoms with E-state index in [4.69, 9.17) is 9.47 Å². The highest BCUT2D eigenvalue weighted by Gasteiger charge is 2.33. The molecule has 6 nitrogen and oxygen atoms in total. The van der Waals surface area contributed by atoms with Gasteiger partial charge in [-0.25, -0.2) is 4.98 Å². The van der Waals surface area contributed by atoms with Crippen LogP contribution in [0, 0.1) is 6.92 Å². The number of nitrogens with one attached hydrogen (secondary N) is 1. The second-order valence-corrected chi connectivity index (χ2v) is 6.13. The Hall–Kier alpha value is -1.89. The zero-order valence-electron chi connectivity index (χ0n) is 13.4. The minimum absolute atomic E-state index is 0.199. The van der Waals surface area contributed by atoms with Gasteiger partial charge in [-0.3, -0.25) is 4.90 Å². The van der Waals surface area contributed by atoms with Crippen LogP contribution in [0.4, 0.5) is 0 Å². The summed E-state index contributed by atoms with van der Waals surface area (Å²) in [6.45, 7) is 4.99. The number of imidazole rings is 1. The molecule has 0 radical (unpaired) electrons. The van der Waals surface area contributed by atoms with E-state index in [0.717, 1.165) is 18.1 Å². The smallest absolute Gasteiger partial charge is 0.134 e. The zero-order chi connectivity index (χ0) is 16.1. The molecule has 2 heterocycles. The monoisotopic (exact) mass is 317 g/mol. The summed E-state index contributed by atoms with van der Waals surface area (Å²) in [5, 5.41) is 10.8. The minimum atomic E-state index is -1.03. The summed E-state index contributed by atoms with van der Waals surface area (Å²) in [5.41, 5.74) is 0.145. The van der Waals surface area contributed by atoms with Crippen molar-refractivity contribution in [2.45, 2.75) is 19.1 Å². The van der Waals surface area contributed by atoms with E-state index in [9.17, 15) is 5.11 Å². The largest absolute Gasteiger partial charge is 0.490 e. The number of nitrogens with zero attached hydrogens (tertiary/aromatic N) is 2. The second kappa shape index (κ2) is 7.12. The predicted molar refractivity (Wildman–Crippen MR) is 86.3 cm³/mol. The molecule has 2 N–H and O–H groups in total. The fraction of sp³-hybridized carbons (Fsp3) is 0.471. The van der Waals surface area contributed by atoms with Crippen LogP contribution < -0.4 is 4.74 Å². The van der Waals surface area contributed by atoms with Crippen LogP contribution in [0.25, 0.3) is 0 Å². The Morgan fingerprint density at radius 3 is 2.96 bits per heavy atom. The van der Waals surface area contributed by atoms with Gasteiger partial charge in [-0.2, -0.15) is 0 Å². The lowest BCUT2D eigenvalue weighted by Crippen LogP contribution is -2.48. The highest BCUT2D eigenvalue weighted by molar-refractivity contribution is 5.26. The normalized spacial score (nSPS) is 22.7. The lowest BCUT2D eigenvalue weighted by molar-refractivity contribution is -0.0648. The quantitative estimate of drug-likeness (QED) is 0.871. The molecule has 0 aliphatic carbocycles. The fourth-order valence-electron chi connectivity index (χ4n) is 2.67. The van der Waals surface area contributed by atoms with Gasteiger partial charge in [-0.15, -0.1) is 0 Å². The van der Waals surface area contributed by atoms with Crippen molar-refractivity contribution in [1.82, 2.24) is 14.9 Å². The average Bonchev–Trinajstić information content (AvgIpc) is 2.97. The van der Waals surface area contributed by atoms with E-state index < -0.39 is 5.60 Å². The number of β-amino-alcohol motifs (C(OH)–C–C–N with tert-alkyl or cyclic N) is 1. The molecule has 0 amide bonds. The summed E-state index contributed by atoms with van der Waals surface area (Å²) in [4.78, 5) is 9.46. The van der Waals surface area contributed by atoms with Crippen molar-refractivity contribution in [3.05, 3.63) is 48.0 Å². The van der Waals surface area contributed by atoms with E-state index in [2.05, 4.69) is 14.9 Å². The number of aryl methyl sites for hydroxylation is 1. The summed E-state index contributed by atoms with van der Waals surface area (Å²) in [5.74, 6) is 1.64. The maximum atomic E-state index is 10.8. The van der Waals surface area contributed by atoms with Crippen molar-refractivity contribution in [1.29, 1.82) is 0 Å². The summed E-state index contributed by atoms with van der Waals surface area (Å²) < 4.78 is 11.3. The number of ether oxygens (including phenoxy) is 2. The molecular formula is C17H23N3O3. The highest BCUT2D eigenvalue weighted by atomic mass is 16.5. The van der Waals surface area contributed by atoms with Crippen molar-refractivity contribution in [2.75, 3.05) is 32.9 Å². The van der Waals surface area contributed by atoms with Gasteiger partial charge < -0.3 is 19.6 Å². The Labute approximate surface area is 136 Å². The Kier molecular flexibility index (Phi) is 4.95. The van der Waals surface area contributed by atoms with Gasteiger partial charge in [0.25, 0.3) is 0 Å². The van der Waals surface area contributed by atoms with Crippen molar-refractivity contribution in [3.8, 4) is 5.75 Å². The van der Waals surface area contributed by atoms with Gasteiger partial charge in [0.1, 0.15) is 23.8 Å². The third kappa shape index (κ3) is 4.54. The standard InChI is InChI=1S/C17H23N3O3/c1-14-2-4-15(5-3-14)23-13-17(21)11-20(8-9-22-12-17)10-16-18-6-7-19-16/h2-7,21H,8-13H2,1H3,(H,18,19)/t17-/m0/s1. The number of aliphatic hydroxyl groups is 1. The molecule has 1 atom stereocenters. The lowest BCUT2D eigenvalue weighted by Gasteiger charge is -2.30. The van der Waals surface area contributed by atoms with Crippen molar-refractivity contribution in [2.24, 2.45) is 0 Å². The highest BCUT2D eigenvalue weighted by Crippen LogP contribution is 2.18. The van der Waals surface area contributed by atoms with Crippen LogP contribution in [0.5, 0.6) is 5.75 Å². The molecule has 1 aromatic heterocycles. The number of hydrogen-bond donors (Lipinski definition) is 2. The molecule has 2 aromatic rings. The number of H-pyrrole nitrogens is 1. The second-order valence-electron chi connectivity index (χ2n) is 6.13. The molecule has 0 bridgehead atoms. The van der Waals surface area contributed by atoms with Crippen LogP contribution in [0.2, 0.25) is 0 Å². The van der Waals surface area contributed by atoms with E-state index in [-0.39, 0.29) is 13.2 Å². The summed E-state index contributed by atoms with van der Waals surface area (Å²) >= 11 is 0. The number of hydrogen-bond acceptors (Lipinski definition) is 5. The molecule has 6 heteroatoms. The molecule has 124 valence electrons. The van der Waals surface area contributed by atoms with E-state index in [0.29, 0.717) is 19.7 Å². The first-order valence-corrected chi connectivity index (χ1v) is 7.83. The molecule has 23 heavy (non-hydrogen) atoms. The van der Waals surface area contributed by atoms with Crippen LogP contribution in [0.15, 0.2) is 36.7 Å². The average molecular weight is 317 g/mol. The number of aromatic nitrogens is 2. The molecule has 1 aliphatic rings. The van der Waals surface area contributed by atoms with Gasteiger partial charge in [0.2, 0.25) is 0 Å². The Morgan fingerprint density at radius 1 is 1.39 bits per heavy atom. The van der Waals surface area contributed by atoms with Gasteiger partial charge >= 0.3 is 0 Å². The van der Waals surface area contributed by atoms with Gasteiger partial charge in [0.05, 0.1) is 19.8 Å². The van der Waals surface area contributed by atoms with Crippen molar-refractivity contribution >= 4 is 0 Å². The van der Waals surface area contributed by atoms with E-state index in [1.807, 2.05) is 31.2 Å². The zero-order valence-corrected chi connectivity index (χ0v) is 13.4. The molecule has 0 spiro atoms. The number of rotatable bonds is 5. The third-order valence-corrected chi connectivity index (χ3v) is 3.90. The molecule has 1 fully saturated rings. The summed E-state index contributed by atoms with van der Waals surface area (Å²) in [6.07, 6.45) is 3.53. The summed E-state index contributed by atoms with van der Waals surface area (Å²) in [7, 11) is 0. The third-order valence-electron chi connectivity index (χ3n) is 3.90. The SMILES string of the molecule is Cc1ccc(OC[C@@]2(O)COCCN(Cc3ncc[nH]3)C2)cc1. The molecular weight excluding hydrogens is 294 g/mol. The van der Waals surface area contributed by atoms with Crippen LogP contribution in [0.3, 0.4) is 0 Å². The molecule has 0 saturated carbocycles. The molecule has 0 unspecified atom stereocenters. The maximum absolute atomic E-state index is 10.8. The minimum Gasteiger partial charge on any atom is -0.490 e. The van der Waals surface area contributed by atoms with Crippen LogP contribution >= 0.6 is 0 Å². The van der Waals surface area contributed by atoms with Gasteiger partial charge in [-0.05, 0) is 19.1 Å². The van der Waals surface area contributed by atoms with Crippen molar-refractivity contribution in [3.63, 3.8) is 0 Å². The first-order chi connectivity index (χ1) is 11.1. The van der Waals surface area contributed by atoms with Crippen LogP contribution in [-0.2, 0) is 11.3 Å². The Morgan fingerprint density at radius 2 is 2.22 bits per heavy atom. The molecule has 1 aliphatic heterocycles. The van der Waals surface area contributed by atoms with E-state index in [1.165, 1.54) is 5.56 Å². The van der Waals surface area contributed by atoms with Gasteiger partial charge in [0.15, 0.2) is 0 Å². The van der Waals surface area contributed by atoms with Gasteiger partial charge in [0, 0.05) is 25.5 Å². The van der Waals surface area contributed by atoms with Crippen LogP contribution in [-0.4, -0.2) is 58.5 Å². The number of aromatic amines is 1. The number of benzene rings is 1. The molecule has 1 aromatic carbocycles. The lowest BCUT2D eigenvalue weighted by atomic mass is 10.1. The topological polar surface area (TPSA) is 70.6 Å².